The molecule has 0 radical (unpaired) electrons. The standard InChI is InChI=1S/C10H20N2/c1-8-5-9(8)6-12-10(7-11)3-2-4-10/h8-9,12H,2-7,11H2,1H3. The van der Waals surface area contributed by atoms with Gasteiger partial charge in [0.1, 0.15) is 0 Å². The molecule has 2 unspecified atom stereocenters. The van der Waals surface area contributed by atoms with E-state index in [1.165, 1.54) is 32.2 Å². The molecule has 0 aromatic carbocycles. The fourth-order valence-electron chi connectivity index (χ4n) is 2.09. The van der Waals surface area contributed by atoms with E-state index in [1.54, 1.807) is 0 Å². The molecular weight excluding hydrogens is 148 g/mol. The molecule has 0 heterocycles. The van der Waals surface area contributed by atoms with E-state index in [-0.39, 0.29) is 0 Å². The number of hydrogen-bond acceptors (Lipinski definition) is 2. The number of rotatable bonds is 4. The van der Waals surface area contributed by atoms with Crippen molar-refractivity contribution >= 4 is 0 Å². The van der Waals surface area contributed by atoms with Crippen LogP contribution in [0.4, 0.5) is 0 Å². The quantitative estimate of drug-likeness (QED) is 0.660. The molecule has 70 valence electrons. The highest BCUT2D eigenvalue weighted by molar-refractivity contribution is 4.98. The van der Waals surface area contributed by atoms with Gasteiger partial charge in [-0.3, -0.25) is 0 Å². The van der Waals surface area contributed by atoms with Gasteiger partial charge >= 0.3 is 0 Å². The van der Waals surface area contributed by atoms with Crippen LogP contribution in [-0.2, 0) is 0 Å². The Labute approximate surface area is 74.9 Å². The van der Waals surface area contributed by atoms with Gasteiger partial charge in [-0.25, -0.2) is 0 Å². The molecule has 2 atom stereocenters. The summed E-state index contributed by atoms with van der Waals surface area (Å²) in [5.41, 5.74) is 6.10. The van der Waals surface area contributed by atoms with Crippen molar-refractivity contribution in [2.24, 2.45) is 17.6 Å². The van der Waals surface area contributed by atoms with Crippen molar-refractivity contribution in [3.05, 3.63) is 0 Å². The van der Waals surface area contributed by atoms with Crippen LogP contribution in [0.2, 0.25) is 0 Å². The van der Waals surface area contributed by atoms with Crippen molar-refractivity contribution in [1.82, 2.24) is 5.32 Å². The number of nitrogens with two attached hydrogens (primary N) is 1. The maximum atomic E-state index is 5.75. The zero-order valence-electron chi connectivity index (χ0n) is 7.97. The van der Waals surface area contributed by atoms with E-state index in [4.69, 9.17) is 5.73 Å². The smallest absolute Gasteiger partial charge is 0.0304 e. The van der Waals surface area contributed by atoms with Gasteiger partial charge < -0.3 is 11.1 Å². The fourth-order valence-corrected chi connectivity index (χ4v) is 2.09. The zero-order chi connectivity index (χ0) is 8.60. The SMILES string of the molecule is CC1CC1CNC1(CN)CCC1. The van der Waals surface area contributed by atoms with Gasteiger partial charge in [-0.15, -0.1) is 0 Å². The Morgan fingerprint density at radius 1 is 1.50 bits per heavy atom. The normalized spacial score (nSPS) is 37.5. The Kier molecular flexibility index (Phi) is 2.13. The Hall–Kier alpha value is -0.0800. The molecule has 3 N–H and O–H groups in total. The molecule has 0 bridgehead atoms. The summed E-state index contributed by atoms with van der Waals surface area (Å²) in [4.78, 5) is 0. The molecule has 2 aliphatic rings. The average Bonchev–Trinajstić information content (AvgIpc) is 2.66. The largest absolute Gasteiger partial charge is 0.329 e. The third-order valence-corrected chi connectivity index (χ3v) is 3.72. The van der Waals surface area contributed by atoms with Crippen LogP contribution >= 0.6 is 0 Å². The van der Waals surface area contributed by atoms with E-state index in [2.05, 4.69) is 12.2 Å². The minimum absolute atomic E-state index is 0.350. The second-order valence-corrected chi connectivity index (χ2v) is 4.69. The fraction of sp³-hybridized carbons (Fsp3) is 1.00. The molecule has 2 rings (SSSR count). The van der Waals surface area contributed by atoms with Gasteiger partial charge in [-0.05, 0) is 44.1 Å². The monoisotopic (exact) mass is 168 g/mol. The van der Waals surface area contributed by atoms with Gasteiger partial charge in [-0.1, -0.05) is 6.92 Å². The van der Waals surface area contributed by atoms with Crippen molar-refractivity contribution in [2.75, 3.05) is 13.1 Å². The summed E-state index contributed by atoms with van der Waals surface area (Å²) in [5, 5.41) is 3.65. The third kappa shape index (κ3) is 1.50. The van der Waals surface area contributed by atoms with Crippen molar-refractivity contribution in [3.8, 4) is 0 Å². The molecule has 12 heavy (non-hydrogen) atoms. The Morgan fingerprint density at radius 3 is 2.50 bits per heavy atom. The van der Waals surface area contributed by atoms with Crippen molar-refractivity contribution in [3.63, 3.8) is 0 Å². The Balaban J connectivity index is 1.70. The first-order chi connectivity index (χ1) is 5.76. The lowest BCUT2D eigenvalue weighted by Gasteiger charge is -2.42. The zero-order valence-corrected chi connectivity index (χ0v) is 7.97. The predicted octanol–water partition coefficient (Wildman–Crippen LogP) is 1.11. The molecule has 2 heteroatoms. The minimum Gasteiger partial charge on any atom is -0.329 e. The molecule has 0 spiro atoms. The van der Waals surface area contributed by atoms with Crippen LogP contribution < -0.4 is 11.1 Å². The first-order valence-electron chi connectivity index (χ1n) is 5.21. The van der Waals surface area contributed by atoms with Crippen molar-refractivity contribution < 1.29 is 0 Å². The predicted molar refractivity (Wildman–Crippen MR) is 50.9 cm³/mol. The lowest BCUT2D eigenvalue weighted by molar-refractivity contribution is 0.190. The summed E-state index contributed by atoms with van der Waals surface area (Å²) in [6.45, 7) is 4.37. The molecule has 0 aromatic rings. The number of hydrogen-bond donors (Lipinski definition) is 2. The van der Waals surface area contributed by atoms with Crippen LogP contribution in [-0.4, -0.2) is 18.6 Å². The van der Waals surface area contributed by atoms with E-state index < -0.39 is 0 Å². The third-order valence-electron chi connectivity index (χ3n) is 3.72. The maximum Gasteiger partial charge on any atom is 0.0304 e. The van der Waals surface area contributed by atoms with Crippen LogP contribution in [0.1, 0.15) is 32.6 Å². The van der Waals surface area contributed by atoms with Crippen LogP contribution in [0.5, 0.6) is 0 Å². The second kappa shape index (κ2) is 3.00. The molecular formula is C10H20N2. The number of nitrogens with one attached hydrogen (secondary N) is 1. The Morgan fingerprint density at radius 2 is 2.17 bits per heavy atom. The molecule has 2 nitrogen and oxygen atoms in total. The van der Waals surface area contributed by atoms with E-state index in [0.717, 1.165) is 18.4 Å². The first-order valence-corrected chi connectivity index (χ1v) is 5.21. The second-order valence-electron chi connectivity index (χ2n) is 4.69. The summed E-state index contributed by atoms with van der Waals surface area (Å²) in [7, 11) is 0. The van der Waals surface area contributed by atoms with E-state index in [1.807, 2.05) is 0 Å². The topological polar surface area (TPSA) is 38.0 Å². The molecule has 2 saturated carbocycles. The highest BCUT2D eigenvalue weighted by Gasteiger charge is 2.38. The summed E-state index contributed by atoms with van der Waals surface area (Å²) in [5.74, 6) is 1.92. The van der Waals surface area contributed by atoms with Gasteiger partial charge in [-0.2, -0.15) is 0 Å². The van der Waals surface area contributed by atoms with Gasteiger partial charge in [0.2, 0.25) is 0 Å². The first kappa shape index (κ1) is 8.52. The van der Waals surface area contributed by atoms with E-state index in [0.29, 0.717) is 5.54 Å². The van der Waals surface area contributed by atoms with Crippen LogP contribution in [0, 0.1) is 11.8 Å². The highest BCUT2D eigenvalue weighted by Crippen LogP contribution is 2.38. The van der Waals surface area contributed by atoms with Gasteiger partial charge in [0.15, 0.2) is 0 Å². The molecule has 2 fully saturated rings. The molecule has 0 saturated heterocycles. The summed E-state index contributed by atoms with van der Waals surface area (Å²) in [6.07, 6.45) is 5.38. The average molecular weight is 168 g/mol. The van der Waals surface area contributed by atoms with Crippen LogP contribution in [0.25, 0.3) is 0 Å². The highest BCUT2D eigenvalue weighted by atomic mass is 15.0. The van der Waals surface area contributed by atoms with Gasteiger partial charge in [0.05, 0.1) is 0 Å². The lowest BCUT2D eigenvalue weighted by Crippen LogP contribution is -2.56. The van der Waals surface area contributed by atoms with Crippen LogP contribution in [0.3, 0.4) is 0 Å². The summed E-state index contributed by atoms with van der Waals surface area (Å²) in [6, 6.07) is 0. The van der Waals surface area contributed by atoms with E-state index in [9.17, 15) is 0 Å². The summed E-state index contributed by atoms with van der Waals surface area (Å²) < 4.78 is 0. The molecule has 0 aliphatic heterocycles. The summed E-state index contributed by atoms with van der Waals surface area (Å²) >= 11 is 0. The maximum absolute atomic E-state index is 5.75. The lowest BCUT2D eigenvalue weighted by atomic mass is 9.77. The van der Waals surface area contributed by atoms with Crippen molar-refractivity contribution in [1.29, 1.82) is 0 Å². The molecule has 0 aromatic heterocycles. The molecule has 0 amide bonds. The Bertz CT molecular complexity index is 158. The van der Waals surface area contributed by atoms with Gasteiger partial charge in [0.25, 0.3) is 0 Å². The van der Waals surface area contributed by atoms with E-state index >= 15 is 0 Å². The van der Waals surface area contributed by atoms with Crippen LogP contribution in [0.15, 0.2) is 0 Å². The molecule has 2 aliphatic carbocycles. The van der Waals surface area contributed by atoms with Gasteiger partial charge in [0, 0.05) is 12.1 Å². The van der Waals surface area contributed by atoms with Crippen molar-refractivity contribution in [2.45, 2.75) is 38.1 Å². The minimum atomic E-state index is 0.350.